The molecule has 5 heterocycles. The number of hydrogen-bond donors (Lipinski definition) is 1. The quantitative estimate of drug-likeness (QED) is 0.250. The lowest BCUT2D eigenvalue weighted by Crippen LogP contribution is -2.13. The molecule has 43 heavy (non-hydrogen) atoms. The molecule has 0 bridgehead atoms. The van der Waals surface area contributed by atoms with Crippen molar-refractivity contribution < 1.29 is 19.0 Å². The molecule has 6 aromatic rings. The largest absolute Gasteiger partial charge is 0.490 e. The number of pyridine rings is 2. The summed E-state index contributed by atoms with van der Waals surface area (Å²) in [6, 6.07) is 13.6. The Morgan fingerprint density at radius 1 is 1.09 bits per heavy atom. The van der Waals surface area contributed by atoms with E-state index >= 15 is 4.39 Å². The van der Waals surface area contributed by atoms with Crippen molar-refractivity contribution in [3.8, 4) is 39.4 Å². The molecule has 0 aliphatic carbocycles. The summed E-state index contributed by atoms with van der Waals surface area (Å²) in [4.78, 5) is 21.5. The Labute approximate surface area is 247 Å². The Morgan fingerprint density at radius 3 is 2.74 bits per heavy atom. The Balaban J connectivity index is 1.44. The van der Waals surface area contributed by atoms with Crippen molar-refractivity contribution in [1.82, 2.24) is 24.3 Å². The zero-order valence-corrected chi connectivity index (χ0v) is 24.4. The molecule has 0 spiro atoms. The maximum atomic E-state index is 15.5. The van der Waals surface area contributed by atoms with Crippen LogP contribution in [0.1, 0.15) is 28.8 Å². The highest BCUT2D eigenvalue weighted by Gasteiger charge is 2.26. The first-order chi connectivity index (χ1) is 20.7. The van der Waals surface area contributed by atoms with Crippen LogP contribution in [0.25, 0.3) is 55.6 Å². The highest BCUT2D eigenvalue weighted by atomic mass is 19.1. The van der Waals surface area contributed by atoms with E-state index in [1.165, 1.54) is 6.07 Å². The molecule has 1 N–H and O–H groups in total. The highest BCUT2D eigenvalue weighted by Crippen LogP contribution is 2.43. The van der Waals surface area contributed by atoms with Crippen LogP contribution in [0.5, 0.6) is 5.75 Å². The lowest BCUT2D eigenvalue weighted by molar-refractivity contribution is -0.136. The zero-order valence-electron chi connectivity index (χ0n) is 24.4. The van der Waals surface area contributed by atoms with Gasteiger partial charge < -0.3 is 14.4 Å². The van der Waals surface area contributed by atoms with Crippen LogP contribution >= 0.6 is 0 Å². The number of hydrogen-bond acceptors (Lipinski definition) is 5. The molecule has 4 aromatic heterocycles. The topological polar surface area (TPSA) is 95.1 Å². The van der Waals surface area contributed by atoms with E-state index in [1.807, 2.05) is 75.1 Å². The number of ether oxygens (including phenoxy) is 1. The Hall–Kier alpha value is -5.05. The van der Waals surface area contributed by atoms with Crippen molar-refractivity contribution >= 4 is 27.9 Å². The molecule has 1 aliphatic heterocycles. The van der Waals surface area contributed by atoms with Gasteiger partial charge in [-0.1, -0.05) is 12.1 Å². The smallest absolute Gasteiger partial charge is 0.307 e. The van der Waals surface area contributed by atoms with Crippen molar-refractivity contribution in [1.29, 1.82) is 0 Å². The minimum Gasteiger partial charge on any atom is -0.490 e. The number of carbonyl (C=O) groups is 1. The summed E-state index contributed by atoms with van der Waals surface area (Å²) in [7, 11) is 3.84. The number of benzene rings is 2. The first-order valence-electron chi connectivity index (χ1n) is 14.3. The summed E-state index contributed by atoms with van der Waals surface area (Å²) in [5, 5.41) is 16.2. The molecule has 0 saturated heterocycles. The summed E-state index contributed by atoms with van der Waals surface area (Å²) in [5.41, 5.74) is 9.45. The lowest BCUT2D eigenvalue weighted by atomic mass is 9.87. The van der Waals surface area contributed by atoms with Crippen molar-refractivity contribution in [2.45, 2.75) is 33.1 Å². The number of halogens is 1. The predicted octanol–water partition coefficient (Wildman–Crippen LogP) is 6.56. The van der Waals surface area contributed by atoms with Crippen LogP contribution in [0.2, 0.25) is 0 Å². The van der Waals surface area contributed by atoms with Crippen LogP contribution in [0, 0.1) is 19.7 Å². The van der Waals surface area contributed by atoms with Gasteiger partial charge in [-0.15, -0.1) is 0 Å². The van der Waals surface area contributed by atoms with Crippen molar-refractivity contribution in [2.75, 3.05) is 6.61 Å². The SMILES string of the molecule is Cc1nc2c(cc(-c3ccnc(-c4ccc5cn(C)nc5c4)c3)n2C)c(-c2cc(F)c3c(c2C)CCCO3)c1CC(=O)O. The highest BCUT2D eigenvalue weighted by molar-refractivity contribution is 6.01. The molecule has 1 aliphatic rings. The summed E-state index contributed by atoms with van der Waals surface area (Å²) >= 11 is 0. The number of aliphatic carboxylic acids is 1. The van der Waals surface area contributed by atoms with Gasteiger partial charge in [-0.3, -0.25) is 14.5 Å². The van der Waals surface area contributed by atoms with Gasteiger partial charge >= 0.3 is 5.97 Å². The summed E-state index contributed by atoms with van der Waals surface area (Å²) in [6.07, 6.45) is 5.04. The van der Waals surface area contributed by atoms with Gasteiger partial charge in [0.05, 0.1) is 29.9 Å². The minimum atomic E-state index is -0.968. The molecule has 0 unspecified atom stereocenters. The van der Waals surface area contributed by atoms with E-state index in [0.29, 0.717) is 46.8 Å². The molecule has 0 radical (unpaired) electrons. The zero-order chi connectivity index (χ0) is 30.0. The third-order valence-corrected chi connectivity index (χ3v) is 8.49. The molecule has 2 aromatic carbocycles. The number of carboxylic acid groups (broad SMARTS) is 1. The first kappa shape index (κ1) is 26.8. The maximum absolute atomic E-state index is 15.5. The van der Waals surface area contributed by atoms with Crippen LogP contribution in [-0.4, -0.2) is 42.0 Å². The standard InChI is InChI=1S/C34H30FN5O3/c1-18-23-6-5-11-43-33(23)27(35)14-24(18)32-25(16-31(41)42)19(2)37-34-26(32)15-30(40(34)4)21-9-10-36-28(13-21)20-7-8-22-17-39(3)38-29(22)12-20/h7-10,12-15,17H,5-6,11,16H2,1-4H3,(H,41,42). The Kier molecular flexibility index (Phi) is 6.27. The van der Waals surface area contributed by atoms with E-state index in [-0.39, 0.29) is 6.42 Å². The second kappa shape index (κ2) is 10.0. The van der Waals surface area contributed by atoms with Crippen LogP contribution in [-0.2, 0) is 31.7 Å². The molecule has 216 valence electrons. The van der Waals surface area contributed by atoms with Gasteiger partial charge in [0.1, 0.15) is 5.65 Å². The van der Waals surface area contributed by atoms with Gasteiger partial charge in [0.15, 0.2) is 11.6 Å². The summed E-state index contributed by atoms with van der Waals surface area (Å²) in [5.74, 6) is -1.10. The third kappa shape index (κ3) is 4.43. The molecule has 7 rings (SSSR count). The average Bonchev–Trinajstić information content (AvgIpc) is 3.53. The first-order valence-corrected chi connectivity index (χ1v) is 14.3. The monoisotopic (exact) mass is 575 g/mol. The van der Waals surface area contributed by atoms with E-state index in [0.717, 1.165) is 56.4 Å². The molecule has 9 heteroatoms. The molecule has 0 atom stereocenters. The molecular weight excluding hydrogens is 545 g/mol. The van der Waals surface area contributed by atoms with E-state index in [1.54, 1.807) is 10.9 Å². The van der Waals surface area contributed by atoms with Crippen molar-refractivity contribution in [2.24, 2.45) is 14.1 Å². The van der Waals surface area contributed by atoms with E-state index < -0.39 is 11.8 Å². The fourth-order valence-electron chi connectivity index (χ4n) is 6.40. The molecule has 8 nitrogen and oxygen atoms in total. The van der Waals surface area contributed by atoms with Gasteiger partial charge in [0, 0.05) is 59.6 Å². The van der Waals surface area contributed by atoms with Crippen LogP contribution in [0.15, 0.2) is 54.9 Å². The van der Waals surface area contributed by atoms with Crippen molar-refractivity contribution in [3.05, 3.63) is 83.1 Å². The predicted molar refractivity (Wildman–Crippen MR) is 164 cm³/mol. The maximum Gasteiger partial charge on any atom is 0.307 e. The number of fused-ring (bicyclic) bond motifs is 3. The third-order valence-electron chi connectivity index (χ3n) is 8.49. The molecule has 0 saturated carbocycles. The lowest BCUT2D eigenvalue weighted by Gasteiger charge is -2.23. The second-order valence-electron chi connectivity index (χ2n) is 11.2. The number of aryl methyl sites for hydroxylation is 3. The fourth-order valence-corrected chi connectivity index (χ4v) is 6.40. The van der Waals surface area contributed by atoms with E-state index in [9.17, 15) is 9.90 Å². The molecular formula is C34H30FN5O3. The van der Waals surface area contributed by atoms with Gasteiger partial charge in [-0.25, -0.2) is 9.37 Å². The van der Waals surface area contributed by atoms with Crippen LogP contribution in [0.4, 0.5) is 4.39 Å². The second-order valence-corrected chi connectivity index (χ2v) is 11.2. The van der Waals surface area contributed by atoms with Crippen LogP contribution in [0.3, 0.4) is 0 Å². The van der Waals surface area contributed by atoms with E-state index in [2.05, 4.69) is 10.1 Å². The summed E-state index contributed by atoms with van der Waals surface area (Å²) in [6.45, 7) is 4.27. The minimum absolute atomic E-state index is 0.224. The van der Waals surface area contributed by atoms with Gasteiger partial charge in [0.25, 0.3) is 0 Å². The molecule has 0 fully saturated rings. The number of carboxylic acids is 1. The number of aromatic nitrogens is 5. The Bertz CT molecular complexity index is 2110. The van der Waals surface area contributed by atoms with Crippen molar-refractivity contribution in [3.63, 3.8) is 0 Å². The summed E-state index contributed by atoms with van der Waals surface area (Å²) < 4.78 is 25.0. The Morgan fingerprint density at radius 2 is 1.93 bits per heavy atom. The van der Waals surface area contributed by atoms with Gasteiger partial charge in [-0.2, -0.15) is 5.10 Å². The average molecular weight is 576 g/mol. The molecule has 0 amide bonds. The normalized spacial score (nSPS) is 13.0. The van der Waals surface area contributed by atoms with Crippen LogP contribution < -0.4 is 4.74 Å². The van der Waals surface area contributed by atoms with Gasteiger partial charge in [0.2, 0.25) is 0 Å². The number of rotatable bonds is 5. The van der Waals surface area contributed by atoms with E-state index in [4.69, 9.17) is 9.72 Å². The van der Waals surface area contributed by atoms with Gasteiger partial charge in [-0.05, 0) is 79.3 Å². The number of nitrogens with zero attached hydrogens (tertiary/aromatic N) is 5. The fraction of sp³-hybridized carbons (Fsp3) is 0.235.